The van der Waals surface area contributed by atoms with Crippen molar-refractivity contribution in [3.05, 3.63) is 18.4 Å². The van der Waals surface area contributed by atoms with Gasteiger partial charge < -0.3 is 13.9 Å². The fraction of sp³-hybridized carbons (Fsp3) is 0.545. The van der Waals surface area contributed by atoms with Gasteiger partial charge in [-0.05, 0) is 6.42 Å². The highest BCUT2D eigenvalue weighted by Gasteiger charge is 2.68. The molecule has 1 aromatic heterocycles. The van der Waals surface area contributed by atoms with Gasteiger partial charge in [-0.1, -0.05) is 0 Å². The molecule has 0 aliphatic carbocycles. The smallest absolute Gasteiger partial charge is 0.421 e. The molecule has 7 nitrogen and oxygen atoms in total. The minimum Gasteiger partial charge on any atom is -0.448 e. The molecular weight excluding hydrogens is 240 g/mol. The second-order valence-electron chi connectivity index (χ2n) is 4.96. The third kappa shape index (κ3) is 1.05. The minimum absolute atomic E-state index is 0.325. The van der Waals surface area contributed by atoms with E-state index in [1.807, 2.05) is 4.90 Å². The van der Waals surface area contributed by atoms with Gasteiger partial charge in [0.15, 0.2) is 0 Å². The molecule has 4 heterocycles. The summed E-state index contributed by atoms with van der Waals surface area (Å²) in [5.41, 5.74) is -0.325. The second kappa shape index (κ2) is 2.92. The standard InChI is InChI=1S/C11H10N2O5/c14-7-8(15)18-11(17-7)5-10(1-3-13(11)6-10)9-12-2-4-16-9/h2,4H,1,3,5-6H2. The molecule has 0 radical (unpaired) electrons. The van der Waals surface area contributed by atoms with Crippen molar-refractivity contribution in [2.24, 2.45) is 0 Å². The zero-order valence-electron chi connectivity index (χ0n) is 9.42. The van der Waals surface area contributed by atoms with Crippen LogP contribution in [0.5, 0.6) is 0 Å². The van der Waals surface area contributed by atoms with Crippen molar-refractivity contribution in [3.63, 3.8) is 0 Å². The number of esters is 2. The number of nitrogens with zero attached hydrogens (tertiary/aromatic N) is 2. The summed E-state index contributed by atoms with van der Waals surface area (Å²) in [6.07, 6.45) is 4.34. The van der Waals surface area contributed by atoms with Gasteiger partial charge in [-0.15, -0.1) is 0 Å². The molecule has 0 aromatic carbocycles. The van der Waals surface area contributed by atoms with Crippen LogP contribution in [0, 0.1) is 0 Å². The molecule has 0 amide bonds. The van der Waals surface area contributed by atoms with Gasteiger partial charge in [-0.3, -0.25) is 0 Å². The molecule has 0 N–H and O–H groups in total. The Balaban J connectivity index is 1.73. The topological polar surface area (TPSA) is 81.9 Å². The summed E-state index contributed by atoms with van der Waals surface area (Å²) in [6, 6.07) is 0. The fourth-order valence-corrected chi connectivity index (χ4v) is 3.18. The molecule has 2 unspecified atom stereocenters. The second-order valence-corrected chi connectivity index (χ2v) is 4.96. The first-order chi connectivity index (χ1) is 8.64. The fourth-order valence-electron chi connectivity index (χ4n) is 3.18. The molecule has 2 bridgehead atoms. The Bertz CT molecular complexity index is 524. The molecule has 4 rings (SSSR count). The van der Waals surface area contributed by atoms with Gasteiger partial charge >= 0.3 is 17.8 Å². The summed E-state index contributed by atoms with van der Waals surface area (Å²) in [5, 5.41) is 0. The number of hydrogen-bond acceptors (Lipinski definition) is 7. The minimum atomic E-state index is -1.24. The van der Waals surface area contributed by atoms with Crippen molar-refractivity contribution in [1.29, 1.82) is 0 Å². The molecule has 1 aromatic rings. The van der Waals surface area contributed by atoms with E-state index in [-0.39, 0.29) is 5.41 Å². The number of piperidine rings is 1. The number of hydrogen-bond donors (Lipinski definition) is 0. The van der Waals surface area contributed by atoms with E-state index in [9.17, 15) is 9.59 Å². The van der Waals surface area contributed by atoms with Crippen molar-refractivity contribution in [2.45, 2.75) is 24.2 Å². The maximum atomic E-state index is 11.2. The van der Waals surface area contributed by atoms with Crippen LogP contribution in [0.25, 0.3) is 0 Å². The van der Waals surface area contributed by atoms with Crippen LogP contribution in [-0.4, -0.2) is 40.8 Å². The number of carbonyl (C=O) groups is 2. The first kappa shape index (κ1) is 10.1. The van der Waals surface area contributed by atoms with E-state index in [2.05, 4.69) is 4.98 Å². The van der Waals surface area contributed by atoms with Gasteiger partial charge in [0.1, 0.15) is 6.26 Å². The summed E-state index contributed by atoms with van der Waals surface area (Å²) in [7, 11) is 0. The predicted octanol–water partition coefficient (Wildman–Crippen LogP) is -0.224. The van der Waals surface area contributed by atoms with E-state index in [4.69, 9.17) is 13.9 Å². The lowest BCUT2D eigenvalue weighted by atomic mass is 9.83. The first-order valence-corrected chi connectivity index (χ1v) is 5.75. The van der Waals surface area contributed by atoms with Crippen LogP contribution in [-0.2, 0) is 24.5 Å². The van der Waals surface area contributed by atoms with Crippen molar-refractivity contribution >= 4 is 11.9 Å². The van der Waals surface area contributed by atoms with Crippen LogP contribution < -0.4 is 0 Å². The summed E-state index contributed by atoms with van der Waals surface area (Å²) in [4.78, 5) is 28.5. The average molecular weight is 250 g/mol. The van der Waals surface area contributed by atoms with E-state index in [1.165, 1.54) is 6.26 Å². The average Bonchev–Trinajstić information content (AvgIpc) is 3.05. The Labute approximate surface area is 102 Å². The first-order valence-electron chi connectivity index (χ1n) is 5.75. The Morgan fingerprint density at radius 2 is 2.06 bits per heavy atom. The van der Waals surface area contributed by atoms with Crippen LogP contribution >= 0.6 is 0 Å². The van der Waals surface area contributed by atoms with Crippen LogP contribution in [0.3, 0.4) is 0 Å². The van der Waals surface area contributed by atoms with Crippen LogP contribution in [0.4, 0.5) is 0 Å². The quantitative estimate of drug-likeness (QED) is 0.503. The molecule has 94 valence electrons. The monoisotopic (exact) mass is 250 g/mol. The lowest BCUT2D eigenvalue weighted by molar-refractivity contribution is -0.240. The van der Waals surface area contributed by atoms with E-state index >= 15 is 0 Å². The lowest BCUT2D eigenvalue weighted by Crippen LogP contribution is -2.47. The maximum absolute atomic E-state index is 11.2. The van der Waals surface area contributed by atoms with Gasteiger partial charge in [-0.25, -0.2) is 19.5 Å². The molecule has 1 spiro atoms. The van der Waals surface area contributed by atoms with Crippen LogP contribution in [0.15, 0.2) is 16.9 Å². The predicted molar refractivity (Wildman–Crippen MR) is 53.9 cm³/mol. The van der Waals surface area contributed by atoms with Crippen LogP contribution in [0.1, 0.15) is 18.7 Å². The number of oxazole rings is 1. The summed E-state index contributed by atoms with van der Waals surface area (Å²) < 4.78 is 15.6. The lowest BCUT2D eigenvalue weighted by Gasteiger charge is -2.33. The molecule has 18 heavy (non-hydrogen) atoms. The maximum Gasteiger partial charge on any atom is 0.421 e. The zero-order valence-corrected chi connectivity index (χ0v) is 9.42. The van der Waals surface area contributed by atoms with Gasteiger partial charge in [0, 0.05) is 13.1 Å². The van der Waals surface area contributed by atoms with E-state index in [1.54, 1.807) is 6.20 Å². The van der Waals surface area contributed by atoms with E-state index in [0.29, 0.717) is 25.4 Å². The highest BCUT2D eigenvalue weighted by Crippen LogP contribution is 2.53. The van der Waals surface area contributed by atoms with Gasteiger partial charge in [0.25, 0.3) is 0 Å². The van der Waals surface area contributed by atoms with E-state index in [0.717, 1.165) is 6.42 Å². The summed E-state index contributed by atoms with van der Waals surface area (Å²) >= 11 is 0. The molecule has 7 heteroatoms. The Hall–Kier alpha value is -1.89. The summed E-state index contributed by atoms with van der Waals surface area (Å²) in [5.74, 6) is -2.47. The molecule has 3 aliphatic rings. The molecule has 3 saturated heterocycles. The molecular formula is C11H10N2O5. The molecule has 0 saturated carbocycles. The number of carbonyl (C=O) groups excluding carboxylic acids is 2. The van der Waals surface area contributed by atoms with E-state index < -0.39 is 17.8 Å². The molecule has 3 fully saturated rings. The third-order valence-electron chi connectivity index (χ3n) is 3.95. The van der Waals surface area contributed by atoms with Gasteiger partial charge in [0.05, 0.1) is 18.0 Å². The van der Waals surface area contributed by atoms with Crippen molar-refractivity contribution in [1.82, 2.24) is 9.88 Å². The normalized spacial score (nSPS) is 36.1. The van der Waals surface area contributed by atoms with Gasteiger partial charge in [0.2, 0.25) is 5.89 Å². The van der Waals surface area contributed by atoms with Crippen molar-refractivity contribution in [3.8, 4) is 0 Å². The van der Waals surface area contributed by atoms with Gasteiger partial charge in [-0.2, -0.15) is 0 Å². The highest BCUT2D eigenvalue weighted by atomic mass is 16.8. The number of rotatable bonds is 1. The number of ether oxygens (including phenoxy) is 2. The molecule has 3 aliphatic heterocycles. The highest BCUT2D eigenvalue weighted by molar-refractivity contribution is 6.31. The Morgan fingerprint density at radius 3 is 2.72 bits per heavy atom. The third-order valence-corrected chi connectivity index (χ3v) is 3.95. The Kier molecular flexibility index (Phi) is 1.63. The number of aromatic nitrogens is 1. The largest absolute Gasteiger partial charge is 0.448 e. The van der Waals surface area contributed by atoms with Crippen LogP contribution in [0.2, 0.25) is 0 Å². The summed E-state index contributed by atoms with van der Waals surface area (Å²) in [6.45, 7) is 1.30. The van der Waals surface area contributed by atoms with Crippen molar-refractivity contribution < 1.29 is 23.5 Å². The molecule has 2 atom stereocenters. The van der Waals surface area contributed by atoms with Crippen molar-refractivity contribution in [2.75, 3.05) is 13.1 Å². The zero-order chi connectivity index (χ0) is 12.4. The Morgan fingerprint density at radius 1 is 1.28 bits per heavy atom. The SMILES string of the molecule is O=C1OC2(CC3(c4ncco4)CCN2C3)OC1=O. The number of fused-ring (bicyclic) bond motifs is 3.